The summed E-state index contributed by atoms with van der Waals surface area (Å²) in [5, 5.41) is 0. The molecule has 40 heavy (non-hydrogen) atoms. The monoisotopic (exact) mass is 560 g/mol. The van der Waals surface area contributed by atoms with Crippen LogP contribution in [0.5, 0.6) is 0 Å². The number of ether oxygens (including phenoxy) is 3. The van der Waals surface area contributed by atoms with Gasteiger partial charge in [-0.1, -0.05) is 142 Å². The van der Waals surface area contributed by atoms with Crippen LogP contribution in [-0.2, 0) is 23.8 Å². The first-order chi connectivity index (χ1) is 19.7. The molecule has 4 unspecified atom stereocenters. The van der Waals surface area contributed by atoms with Crippen LogP contribution in [0.25, 0.3) is 0 Å². The molecule has 230 valence electrons. The lowest BCUT2D eigenvalue weighted by molar-refractivity contribution is -0.143. The molecular weight excluding hydrogens is 500 g/mol. The van der Waals surface area contributed by atoms with Crippen LogP contribution in [0.1, 0.15) is 162 Å². The van der Waals surface area contributed by atoms with Crippen molar-refractivity contribution >= 4 is 11.9 Å². The summed E-state index contributed by atoms with van der Waals surface area (Å²) in [5.74, 6) is -0.584. The molecule has 0 radical (unpaired) electrons. The van der Waals surface area contributed by atoms with Gasteiger partial charge in [-0.3, -0.25) is 0 Å². The molecule has 0 spiro atoms. The second-order valence-electron chi connectivity index (χ2n) is 12.7. The fourth-order valence-corrected chi connectivity index (χ4v) is 6.83. The topological polar surface area (TPSA) is 65.1 Å². The van der Waals surface area contributed by atoms with Crippen LogP contribution in [0, 0.1) is 11.8 Å². The Bertz CT molecular complexity index is 699. The standard InChI is InChI=1S/C35H60O5/c1-3-5-7-9-11-13-15-17-19-21-23-25-38-34(36)30-28-27-29(33-32(28)40-33)31(30)35(37)39-26-24-22-20-18-16-14-12-10-8-6-4-2/h28-29,32-33H,3-27H2,1-2H3. The number of unbranched alkanes of at least 4 members (excludes halogenated alkanes) is 20. The lowest BCUT2D eigenvalue weighted by atomic mass is 9.91. The number of esters is 2. The van der Waals surface area contributed by atoms with Gasteiger partial charge in [-0.15, -0.1) is 0 Å². The van der Waals surface area contributed by atoms with E-state index in [4.69, 9.17) is 14.2 Å². The fraction of sp³-hybridized carbons (Fsp3) is 0.886. The van der Waals surface area contributed by atoms with E-state index in [1.54, 1.807) is 0 Å². The van der Waals surface area contributed by atoms with Gasteiger partial charge in [-0.05, 0) is 19.3 Å². The highest BCUT2D eigenvalue weighted by molar-refractivity contribution is 6.03. The Morgan fingerprint density at radius 1 is 0.525 bits per heavy atom. The average Bonchev–Trinajstić information content (AvgIpc) is 3.57. The van der Waals surface area contributed by atoms with E-state index in [0.29, 0.717) is 24.4 Å². The predicted octanol–water partition coefficient (Wildman–Crippen LogP) is 9.41. The lowest BCUT2D eigenvalue weighted by Crippen LogP contribution is -2.25. The van der Waals surface area contributed by atoms with Crippen LogP contribution in [0.3, 0.4) is 0 Å². The van der Waals surface area contributed by atoms with Gasteiger partial charge in [0, 0.05) is 11.8 Å². The van der Waals surface area contributed by atoms with Gasteiger partial charge in [0.25, 0.3) is 0 Å². The Balaban J connectivity index is 1.25. The van der Waals surface area contributed by atoms with E-state index in [1.165, 1.54) is 116 Å². The van der Waals surface area contributed by atoms with E-state index in [1.807, 2.05) is 0 Å². The van der Waals surface area contributed by atoms with Crippen LogP contribution in [0.4, 0.5) is 0 Å². The Morgan fingerprint density at radius 2 is 0.825 bits per heavy atom. The van der Waals surface area contributed by atoms with Crippen molar-refractivity contribution in [1.29, 1.82) is 0 Å². The molecule has 2 fully saturated rings. The molecule has 1 saturated carbocycles. The Labute approximate surface area is 245 Å². The average molecular weight is 561 g/mol. The molecule has 4 atom stereocenters. The molecule has 5 nitrogen and oxygen atoms in total. The molecule has 2 bridgehead atoms. The summed E-state index contributed by atoms with van der Waals surface area (Å²) in [6.07, 6.45) is 28.9. The molecule has 3 rings (SSSR count). The van der Waals surface area contributed by atoms with Crippen molar-refractivity contribution in [3.05, 3.63) is 11.1 Å². The van der Waals surface area contributed by atoms with Crippen LogP contribution in [0.15, 0.2) is 11.1 Å². The van der Waals surface area contributed by atoms with Crippen LogP contribution in [0.2, 0.25) is 0 Å². The van der Waals surface area contributed by atoms with Gasteiger partial charge in [0.1, 0.15) is 0 Å². The molecular formula is C35H60O5. The molecule has 2 aliphatic carbocycles. The normalized spacial score (nSPS) is 22.6. The predicted molar refractivity (Wildman–Crippen MR) is 162 cm³/mol. The highest BCUT2D eigenvalue weighted by Gasteiger charge is 2.65. The van der Waals surface area contributed by atoms with E-state index in [9.17, 15) is 9.59 Å². The summed E-state index contributed by atoms with van der Waals surface area (Å²) in [6.45, 7) is 5.40. The van der Waals surface area contributed by atoms with Crippen molar-refractivity contribution in [3.63, 3.8) is 0 Å². The number of hydrogen-bond acceptors (Lipinski definition) is 5. The highest BCUT2D eigenvalue weighted by atomic mass is 16.6. The second kappa shape index (κ2) is 19.7. The maximum atomic E-state index is 13.0. The summed E-state index contributed by atoms with van der Waals surface area (Å²) >= 11 is 0. The first-order valence-corrected chi connectivity index (χ1v) is 17.4. The lowest BCUT2D eigenvalue weighted by Gasteiger charge is -2.16. The van der Waals surface area contributed by atoms with Gasteiger partial charge in [-0.2, -0.15) is 0 Å². The van der Waals surface area contributed by atoms with Crippen molar-refractivity contribution in [2.75, 3.05) is 13.2 Å². The molecule has 3 aliphatic rings. The molecule has 0 amide bonds. The number of carbonyl (C=O) groups excluding carboxylic acids is 2. The minimum Gasteiger partial charge on any atom is -0.462 e. The Morgan fingerprint density at radius 3 is 1.15 bits per heavy atom. The van der Waals surface area contributed by atoms with Gasteiger partial charge < -0.3 is 14.2 Å². The third-order valence-corrected chi connectivity index (χ3v) is 9.30. The number of carbonyl (C=O) groups is 2. The smallest absolute Gasteiger partial charge is 0.334 e. The van der Waals surface area contributed by atoms with Crippen molar-refractivity contribution in [2.45, 2.75) is 174 Å². The van der Waals surface area contributed by atoms with E-state index in [0.717, 1.165) is 32.1 Å². The number of rotatable bonds is 26. The van der Waals surface area contributed by atoms with Gasteiger partial charge >= 0.3 is 11.9 Å². The molecule has 1 heterocycles. The third-order valence-electron chi connectivity index (χ3n) is 9.30. The van der Waals surface area contributed by atoms with E-state index < -0.39 is 0 Å². The van der Waals surface area contributed by atoms with Crippen LogP contribution < -0.4 is 0 Å². The summed E-state index contributed by atoms with van der Waals surface area (Å²) in [6, 6.07) is 0. The Kier molecular flexibility index (Phi) is 16.3. The zero-order chi connectivity index (χ0) is 28.4. The van der Waals surface area contributed by atoms with Gasteiger partial charge in [0.05, 0.1) is 36.6 Å². The van der Waals surface area contributed by atoms with Crippen molar-refractivity contribution in [2.24, 2.45) is 11.8 Å². The van der Waals surface area contributed by atoms with E-state index in [-0.39, 0.29) is 36.0 Å². The maximum absolute atomic E-state index is 13.0. The summed E-state index contributed by atoms with van der Waals surface area (Å²) in [7, 11) is 0. The molecule has 1 aliphatic heterocycles. The fourth-order valence-electron chi connectivity index (χ4n) is 6.83. The minimum absolute atomic E-state index is 0.0179. The Hall–Kier alpha value is -1.36. The van der Waals surface area contributed by atoms with Crippen molar-refractivity contribution in [3.8, 4) is 0 Å². The van der Waals surface area contributed by atoms with Crippen LogP contribution in [-0.4, -0.2) is 37.4 Å². The quantitative estimate of drug-likeness (QED) is 0.0599. The number of hydrogen-bond donors (Lipinski definition) is 0. The SMILES string of the molecule is CCCCCCCCCCCCCOC(=O)C1=C(C(=O)OCCCCCCCCCCCCC)C2CC1C1OC21. The zero-order valence-corrected chi connectivity index (χ0v) is 26.0. The minimum atomic E-state index is -0.310. The number of fused-ring (bicyclic) bond motifs is 5. The molecule has 0 aromatic carbocycles. The molecule has 5 heteroatoms. The first-order valence-electron chi connectivity index (χ1n) is 17.4. The summed E-state index contributed by atoms with van der Waals surface area (Å²) in [4.78, 5) is 26.1. The molecule has 0 aromatic heterocycles. The first kappa shape index (κ1) is 33.1. The van der Waals surface area contributed by atoms with Crippen molar-refractivity contribution in [1.82, 2.24) is 0 Å². The van der Waals surface area contributed by atoms with E-state index in [2.05, 4.69) is 13.8 Å². The number of epoxide rings is 1. The largest absolute Gasteiger partial charge is 0.462 e. The summed E-state index contributed by atoms with van der Waals surface area (Å²) < 4.78 is 17.1. The van der Waals surface area contributed by atoms with Gasteiger partial charge in [-0.25, -0.2) is 9.59 Å². The van der Waals surface area contributed by atoms with Crippen LogP contribution >= 0.6 is 0 Å². The second-order valence-corrected chi connectivity index (χ2v) is 12.7. The molecule has 0 aromatic rings. The van der Waals surface area contributed by atoms with Gasteiger partial charge in [0.15, 0.2) is 0 Å². The zero-order valence-electron chi connectivity index (χ0n) is 26.0. The molecule has 0 N–H and O–H groups in total. The highest BCUT2D eigenvalue weighted by Crippen LogP contribution is 2.59. The van der Waals surface area contributed by atoms with Crippen molar-refractivity contribution < 1.29 is 23.8 Å². The van der Waals surface area contributed by atoms with E-state index >= 15 is 0 Å². The van der Waals surface area contributed by atoms with Gasteiger partial charge in [0.2, 0.25) is 0 Å². The third kappa shape index (κ3) is 11.1. The molecule has 1 saturated heterocycles. The maximum Gasteiger partial charge on any atom is 0.334 e. The summed E-state index contributed by atoms with van der Waals surface area (Å²) in [5.41, 5.74) is 1.13.